The lowest BCUT2D eigenvalue weighted by atomic mass is 10.2. The van der Waals surface area contributed by atoms with Crippen LogP contribution in [0.1, 0.15) is 12.0 Å². The molecule has 3 rings (SSSR count). The maximum Gasteiger partial charge on any atom is 0.215 e. The molecule has 0 aliphatic carbocycles. The van der Waals surface area contributed by atoms with Gasteiger partial charge in [-0.1, -0.05) is 48.0 Å². The van der Waals surface area contributed by atoms with Crippen molar-refractivity contribution in [1.29, 1.82) is 0 Å². The molecule has 2 aromatic carbocycles. The number of benzene rings is 2. The van der Waals surface area contributed by atoms with E-state index >= 15 is 0 Å². The number of hydrogen-bond donors (Lipinski definition) is 1. The van der Waals surface area contributed by atoms with Gasteiger partial charge in [0.05, 0.1) is 5.75 Å². The monoisotopic (exact) mass is 407 g/mol. The summed E-state index contributed by atoms with van der Waals surface area (Å²) in [5.41, 5.74) is 1.90. The summed E-state index contributed by atoms with van der Waals surface area (Å²) in [6.07, 6.45) is 0.799. The standard InChI is InChI=1S/C20H26ClN3O2S/c21-20-10-5-4-7-18(20)17-27(25,26)22-11-6-12-23-13-15-24(16-14-23)19-8-2-1-3-9-19/h1-5,7-10,22H,6,11-17H2. The first-order chi connectivity index (χ1) is 13.0. The number of nitrogens with one attached hydrogen (secondary N) is 1. The second-order valence-corrected chi connectivity index (χ2v) is 8.98. The summed E-state index contributed by atoms with van der Waals surface area (Å²) in [7, 11) is -3.37. The topological polar surface area (TPSA) is 52.7 Å². The van der Waals surface area contributed by atoms with E-state index in [1.165, 1.54) is 5.69 Å². The van der Waals surface area contributed by atoms with Crippen molar-refractivity contribution < 1.29 is 8.42 Å². The van der Waals surface area contributed by atoms with Gasteiger partial charge in [-0.3, -0.25) is 4.90 Å². The van der Waals surface area contributed by atoms with Crippen LogP contribution in [0.2, 0.25) is 5.02 Å². The van der Waals surface area contributed by atoms with Crippen LogP contribution in [0, 0.1) is 0 Å². The van der Waals surface area contributed by atoms with Crippen molar-refractivity contribution >= 4 is 27.3 Å². The van der Waals surface area contributed by atoms with Crippen LogP contribution in [0.25, 0.3) is 0 Å². The Kier molecular flexibility index (Phi) is 7.13. The number of nitrogens with zero attached hydrogens (tertiary/aromatic N) is 2. The van der Waals surface area contributed by atoms with Crippen LogP contribution in [0.15, 0.2) is 54.6 Å². The fourth-order valence-electron chi connectivity index (χ4n) is 3.27. The van der Waals surface area contributed by atoms with Crippen LogP contribution >= 0.6 is 11.6 Å². The minimum Gasteiger partial charge on any atom is -0.369 e. The predicted octanol–water partition coefficient (Wildman–Crippen LogP) is 2.97. The molecule has 0 unspecified atom stereocenters. The van der Waals surface area contributed by atoms with Crippen molar-refractivity contribution in [2.24, 2.45) is 0 Å². The molecule has 1 heterocycles. The van der Waals surface area contributed by atoms with E-state index in [4.69, 9.17) is 11.6 Å². The van der Waals surface area contributed by atoms with Crippen molar-refractivity contribution in [1.82, 2.24) is 9.62 Å². The minimum absolute atomic E-state index is 0.0809. The third-order valence-corrected chi connectivity index (χ3v) is 6.47. The molecule has 1 aliphatic heterocycles. The zero-order chi connectivity index (χ0) is 19.1. The van der Waals surface area contributed by atoms with Gasteiger partial charge in [-0.2, -0.15) is 0 Å². The summed E-state index contributed by atoms with van der Waals surface area (Å²) >= 11 is 6.05. The van der Waals surface area contributed by atoms with Crippen LogP contribution in [0.5, 0.6) is 0 Å². The van der Waals surface area contributed by atoms with Gasteiger partial charge in [0, 0.05) is 43.4 Å². The third kappa shape index (κ3) is 6.21. The lowest BCUT2D eigenvalue weighted by Gasteiger charge is -2.36. The second-order valence-electron chi connectivity index (χ2n) is 6.76. The fourth-order valence-corrected chi connectivity index (χ4v) is 4.77. The molecule has 0 atom stereocenters. The van der Waals surface area contributed by atoms with Gasteiger partial charge in [0.2, 0.25) is 10.0 Å². The van der Waals surface area contributed by atoms with E-state index in [0.717, 1.165) is 39.1 Å². The van der Waals surface area contributed by atoms with E-state index in [0.29, 0.717) is 17.1 Å². The Morgan fingerprint density at radius 1 is 0.926 bits per heavy atom. The Morgan fingerprint density at radius 2 is 1.59 bits per heavy atom. The van der Waals surface area contributed by atoms with Crippen molar-refractivity contribution in [3.8, 4) is 0 Å². The number of anilines is 1. The van der Waals surface area contributed by atoms with Crippen LogP contribution < -0.4 is 9.62 Å². The molecule has 146 valence electrons. The fraction of sp³-hybridized carbons (Fsp3) is 0.400. The van der Waals surface area contributed by atoms with Gasteiger partial charge < -0.3 is 4.90 Å². The third-order valence-electron chi connectivity index (χ3n) is 4.77. The number of hydrogen-bond acceptors (Lipinski definition) is 4. The molecule has 0 bridgehead atoms. The molecule has 1 saturated heterocycles. The lowest BCUT2D eigenvalue weighted by molar-refractivity contribution is 0.255. The highest BCUT2D eigenvalue weighted by Crippen LogP contribution is 2.17. The van der Waals surface area contributed by atoms with Gasteiger partial charge in [-0.05, 0) is 36.7 Å². The summed E-state index contributed by atoms with van der Waals surface area (Å²) in [4.78, 5) is 4.78. The number of rotatable bonds is 8. The zero-order valence-electron chi connectivity index (χ0n) is 15.4. The average molecular weight is 408 g/mol. The summed E-state index contributed by atoms with van der Waals surface area (Å²) in [5.74, 6) is -0.0809. The highest BCUT2D eigenvalue weighted by atomic mass is 35.5. The number of para-hydroxylation sites is 1. The van der Waals surface area contributed by atoms with Crippen LogP contribution in [0.4, 0.5) is 5.69 Å². The van der Waals surface area contributed by atoms with Gasteiger partial charge >= 0.3 is 0 Å². The highest BCUT2D eigenvalue weighted by molar-refractivity contribution is 7.88. The number of halogens is 1. The van der Waals surface area contributed by atoms with E-state index in [1.807, 2.05) is 6.07 Å². The maximum absolute atomic E-state index is 12.2. The Hall–Kier alpha value is -1.60. The van der Waals surface area contributed by atoms with E-state index in [1.54, 1.807) is 24.3 Å². The second kappa shape index (κ2) is 9.55. The SMILES string of the molecule is O=S(=O)(Cc1ccccc1Cl)NCCCN1CCN(c2ccccc2)CC1. The van der Waals surface area contributed by atoms with E-state index in [2.05, 4.69) is 38.8 Å². The molecule has 1 aliphatic rings. The van der Waals surface area contributed by atoms with Crippen molar-refractivity contribution in [3.05, 3.63) is 65.2 Å². The minimum atomic E-state index is -3.37. The largest absolute Gasteiger partial charge is 0.369 e. The predicted molar refractivity (Wildman–Crippen MR) is 112 cm³/mol. The molecular formula is C20H26ClN3O2S. The summed E-state index contributed by atoms with van der Waals surface area (Å²) in [5, 5.41) is 0.485. The summed E-state index contributed by atoms with van der Waals surface area (Å²) in [6.45, 7) is 5.36. The molecule has 0 aromatic heterocycles. The zero-order valence-corrected chi connectivity index (χ0v) is 16.9. The molecule has 0 amide bonds. The van der Waals surface area contributed by atoms with Crippen LogP contribution in [-0.2, 0) is 15.8 Å². The molecule has 1 N–H and O–H groups in total. The maximum atomic E-state index is 12.2. The highest BCUT2D eigenvalue weighted by Gasteiger charge is 2.17. The first-order valence-electron chi connectivity index (χ1n) is 9.27. The number of sulfonamides is 1. The van der Waals surface area contributed by atoms with Crippen molar-refractivity contribution in [3.63, 3.8) is 0 Å². The van der Waals surface area contributed by atoms with Gasteiger partial charge in [-0.15, -0.1) is 0 Å². The molecule has 5 nitrogen and oxygen atoms in total. The molecule has 0 spiro atoms. The molecular weight excluding hydrogens is 382 g/mol. The smallest absolute Gasteiger partial charge is 0.215 e. The molecule has 27 heavy (non-hydrogen) atoms. The summed E-state index contributed by atoms with van der Waals surface area (Å²) < 4.78 is 27.1. The van der Waals surface area contributed by atoms with Crippen LogP contribution in [-0.4, -0.2) is 52.6 Å². The first-order valence-corrected chi connectivity index (χ1v) is 11.3. The van der Waals surface area contributed by atoms with E-state index in [-0.39, 0.29) is 5.75 Å². The lowest BCUT2D eigenvalue weighted by Crippen LogP contribution is -2.47. The van der Waals surface area contributed by atoms with Gasteiger partial charge in [0.1, 0.15) is 0 Å². The van der Waals surface area contributed by atoms with E-state index < -0.39 is 10.0 Å². The molecule has 2 aromatic rings. The molecule has 7 heteroatoms. The Labute approximate surface area is 167 Å². The van der Waals surface area contributed by atoms with Gasteiger partial charge in [0.25, 0.3) is 0 Å². The quantitative estimate of drug-likeness (QED) is 0.683. The van der Waals surface area contributed by atoms with Crippen molar-refractivity contribution in [2.45, 2.75) is 12.2 Å². The van der Waals surface area contributed by atoms with E-state index in [9.17, 15) is 8.42 Å². The normalized spacial score (nSPS) is 15.8. The molecule has 1 fully saturated rings. The Bertz CT molecular complexity index is 822. The Balaban J connectivity index is 1.36. The van der Waals surface area contributed by atoms with Crippen LogP contribution in [0.3, 0.4) is 0 Å². The Morgan fingerprint density at radius 3 is 2.30 bits per heavy atom. The molecule has 0 saturated carbocycles. The van der Waals surface area contributed by atoms with Gasteiger partial charge in [0.15, 0.2) is 0 Å². The van der Waals surface area contributed by atoms with Gasteiger partial charge in [-0.25, -0.2) is 13.1 Å². The number of piperazine rings is 1. The first kappa shape index (κ1) is 20.1. The molecule has 0 radical (unpaired) electrons. The summed E-state index contributed by atoms with van der Waals surface area (Å²) in [6, 6.07) is 17.5. The van der Waals surface area contributed by atoms with Crippen molar-refractivity contribution in [2.75, 3.05) is 44.2 Å². The average Bonchev–Trinajstić information content (AvgIpc) is 2.68.